The molecule has 26 heavy (non-hydrogen) atoms. The Kier molecular flexibility index (Phi) is 4.89. The first-order valence-corrected chi connectivity index (χ1v) is 7.84. The van der Waals surface area contributed by atoms with Crippen LogP contribution in [0.25, 0.3) is 5.69 Å². The SMILES string of the molecule is NC(=O)C(NC(=O)c1ccc(-n2ccncc2=O)cc1)c1ccccc1. The van der Waals surface area contributed by atoms with E-state index in [0.717, 1.165) is 0 Å². The number of nitrogens with two attached hydrogens (primary N) is 1. The summed E-state index contributed by atoms with van der Waals surface area (Å²) >= 11 is 0. The molecule has 1 heterocycles. The van der Waals surface area contributed by atoms with E-state index in [9.17, 15) is 14.4 Å². The molecular weight excluding hydrogens is 332 g/mol. The van der Waals surface area contributed by atoms with Gasteiger partial charge in [-0.2, -0.15) is 0 Å². The third-order valence-electron chi connectivity index (χ3n) is 3.82. The molecule has 1 atom stereocenters. The second kappa shape index (κ2) is 7.43. The number of carbonyl (C=O) groups excluding carboxylic acids is 2. The van der Waals surface area contributed by atoms with Crippen molar-refractivity contribution < 1.29 is 9.59 Å². The minimum Gasteiger partial charge on any atom is -0.368 e. The standard InChI is InChI=1S/C19H16N4O3/c20-18(25)17(13-4-2-1-3-5-13)22-19(26)14-6-8-15(9-7-14)23-11-10-21-12-16(23)24/h1-12,17H,(H2,20,25)(H,22,26). The second-order valence-electron chi connectivity index (χ2n) is 5.55. The lowest BCUT2D eigenvalue weighted by Crippen LogP contribution is -2.37. The molecule has 7 heteroatoms. The minimum atomic E-state index is -0.925. The van der Waals surface area contributed by atoms with Crippen LogP contribution in [0.3, 0.4) is 0 Å². The van der Waals surface area contributed by atoms with Gasteiger partial charge in [-0.05, 0) is 29.8 Å². The summed E-state index contributed by atoms with van der Waals surface area (Å²) in [6.45, 7) is 0. The summed E-state index contributed by atoms with van der Waals surface area (Å²) in [7, 11) is 0. The van der Waals surface area contributed by atoms with Crippen LogP contribution < -0.4 is 16.6 Å². The number of nitrogens with one attached hydrogen (secondary N) is 1. The maximum absolute atomic E-state index is 12.5. The van der Waals surface area contributed by atoms with Crippen LogP contribution in [0.4, 0.5) is 0 Å². The first-order valence-electron chi connectivity index (χ1n) is 7.84. The molecule has 0 radical (unpaired) electrons. The quantitative estimate of drug-likeness (QED) is 0.722. The number of carbonyl (C=O) groups is 2. The molecule has 0 saturated heterocycles. The van der Waals surface area contributed by atoms with Crippen LogP contribution in [0, 0.1) is 0 Å². The Hall–Kier alpha value is -3.74. The van der Waals surface area contributed by atoms with Crippen LogP contribution >= 0.6 is 0 Å². The van der Waals surface area contributed by atoms with Gasteiger partial charge in [0.2, 0.25) is 5.91 Å². The molecule has 130 valence electrons. The molecular formula is C19H16N4O3. The first kappa shape index (κ1) is 17.1. The predicted molar refractivity (Wildman–Crippen MR) is 95.7 cm³/mol. The molecule has 0 aliphatic carbocycles. The molecule has 3 aromatic rings. The highest BCUT2D eigenvalue weighted by Crippen LogP contribution is 2.14. The zero-order valence-electron chi connectivity index (χ0n) is 13.7. The molecule has 0 bridgehead atoms. The molecule has 2 aromatic carbocycles. The number of nitrogens with zero attached hydrogens (tertiary/aromatic N) is 2. The summed E-state index contributed by atoms with van der Waals surface area (Å²) in [6.07, 6.45) is 4.24. The molecule has 7 nitrogen and oxygen atoms in total. The Morgan fingerprint density at radius 1 is 1.04 bits per heavy atom. The van der Waals surface area contributed by atoms with Gasteiger partial charge in [0.25, 0.3) is 11.5 Å². The molecule has 0 fully saturated rings. The number of hydrogen-bond acceptors (Lipinski definition) is 4. The lowest BCUT2D eigenvalue weighted by atomic mass is 10.1. The zero-order chi connectivity index (χ0) is 18.5. The molecule has 0 spiro atoms. The average Bonchev–Trinajstić information content (AvgIpc) is 2.67. The summed E-state index contributed by atoms with van der Waals surface area (Å²) in [5, 5.41) is 2.63. The minimum absolute atomic E-state index is 0.275. The van der Waals surface area contributed by atoms with Crippen molar-refractivity contribution in [1.29, 1.82) is 0 Å². The van der Waals surface area contributed by atoms with Crippen LogP contribution in [-0.2, 0) is 4.79 Å². The molecule has 0 saturated carbocycles. The number of rotatable bonds is 5. The van der Waals surface area contributed by atoms with Crippen LogP contribution in [0.1, 0.15) is 22.0 Å². The average molecular weight is 348 g/mol. The molecule has 1 aromatic heterocycles. The van der Waals surface area contributed by atoms with E-state index in [1.54, 1.807) is 48.5 Å². The number of amides is 2. The van der Waals surface area contributed by atoms with Crippen molar-refractivity contribution in [2.75, 3.05) is 0 Å². The maximum atomic E-state index is 12.5. The lowest BCUT2D eigenvalue weighted by Gasteiger charge is -2.16. The summed E-state index contributed by atoms with van der Waals surface area (Å²) in [6, 6.07) is 14.3. The van der Waals surface area contributed by atoms with E-state index in [1.807, 2.05) is 6.07 Å². The van der Waals surface area contributed by atoms with Crippen LogP contribution in [-0.4, -0.2) is 21.4 Å². The largest absolute Gasteiger partial charge is 0.368 e. The Morgan fingerprint density at radius 2 is 1.73 bits per heavy atom. The van der Waals surface area contributed by atoms with E-state index >= 15 is 0 Å². The van der Waals surface area contributed by atoms with Gasteiger partial charge in [-0.3, -0.25) is 23.9 Å². The van der Waals surface area contributed by atoms with Crippen LogP contribution in [0.15, 0.2) is 78.0 Å². The van der Waals surface area contributed by atoms with Gasteiger partial charge in [0.15, 0.2) is 0 Å². The van der Waals surface area contributed by atoms with Crippen molar-refractivity contribution in [2.45, 2.75) is 6.04 Å². The van der Waals surface area contributed by atoms with Gasteiger partial charge in [0, 0.05) is 23.6 Å². The summed E-state index contributed by atoms with van der Waals surface area (Å²) in [5.74, 6) is -1.09. The van der Waals surface area contributed by atoms with Crippen molar-refractivity contribution in [3.8, 4) is 5.69 Å². The predicted octanol–water partition coefficient (Wildman–Crippen LogP) is 1.19. The topological polar surface area (TPSA) is 107 Å². The Balaban J connectivity index is 1.81. The third-order valence-corrected chi connectivity index (χ3v) is 3.82. The van der Waals surface area contributed by atoms with Gasteiger partial charge in [-0.1, -0.05) is 30.3 Å². The van der Waals surface area contributed by atoms with Gasteiger partial charge in [-0.25, -0.2) is 0 Å². The van der Waals surface area contributed by atoms with Gasteiger partial charge in [-0.15, -0.1) is 0 Å². The van der Waals surface area contributed by atoms with Gasteiger partial charge in [0.05, 0.1) is 6.20 Å². The van der Waals surface area contributed by atoms with E-state index in [1.165, 1.54) is 23.2 Å². The molecule has 1 unspecified atom stereocenters. The fourth-order valence-electron chi connectivity index (χ4n) is 2.51. The van der Waals surface area contributed by atoms with Crippen LogP contribution in [0.2, 0.25) is 0 Å². The van der Waals surface area contributed by atoms with Crippen molar-refractivity contribution in [1.82, 2.24) is 14.9 Å². The molecule has 3 rings (SSSR count). The molecule has 3 N–H and O–H groups in total. The first-order chi connectivity index (χ1) is 12.6. The number of aromatic nitrogens is 2. The maximum Gasteiger partial charge on any atom is 0.273 e. The number of hydrogen-bond donors (Lipinski definition) is 2. The summed E-state index contributed by atoms with van der Waals surface area (Å²) < 4.78 is 1.41. The molecule has 0 aliphatic heterocycles. The second-order valence-corrected chi connectivity index (χ2v) is 5.55. The monoisotopic (exact) mass is 348 g/mol. The Bertz CT molecular complexity index is 981. The molecule has 2 amide bonds. The highest BCUT2D eigenvalue weighted by Gasteiger charge is 2.20. The number of primary amides is 1. The van der Waals surface area contributed by atoms with Crippen molar-refractivity contribution in [3.05, 3.63) is 94.7 Å². The van der Waals surface area contributed by atoms with Crippen molar-refractivity contribution in [3.63, 3.8) is 0 Å². The fraction of sp³-hybridized carbons (Fsp3) is 0.0526. The Morgan fingerprint density at radius 3 is 2.35 bits per heavy atom. The van der Waals surface area contributed by atoms with Crippen molar-refractivity contribution >= 4 is 11.8 Å². The fourth-order valence-corrected chi connectivity index (χ4v) is 2.51. The van der Waals surface area contributed by atoms with Gasteiger partial charge in [0.1, 0.15) is 6.04 Å². The van der Waals surface area contributed by atoms with Gasteiger partial charge >= 0.3 is 0 Å². The highest BCUT2D eigenvalue weighted by atomic mass is 16.2. The zero-order valence-corrected chi connectivity index (χ0v) is 13.7. The summed E-state index contributed by atoms with van der Waals surface area (Å²) in [4.78, 5) is 39.7. The lowest BCUT2D eigenvalue weighted by molar-refractivity contribution is -0.120. The van der Waals surface area contributed by atoms with E-state index in [4.69, 9.17) is 5.73 Å². The van der Waals surface area contributed by atoms with E-state index in [0.29, 0.717) is 16.8 Å². The highest BCUT2D eigenvalue weighted by molar-refractivity contribution is 5.97. The summed E-state index contributed by atoms with van der Waals surface area (Å²) in [5.41, 5.74) is 6.69. The third kappa shape index (κ3) is 3.67. The molecule has 0 aliphatic rings. The van der Waals surface area contributed by atoms with E-state index < -0.39 is 17.9 Å². The number of benzene rings is 2. The van der Waals surface area contributed by atoms with Gasteiger partial charge < -0.3 is 11.1 Å². The van der Waals surface area contributed by atoms with Crippen LogP contribution in [0.5, 0.6) is 0 Å². The Labute approximate surface area is 149 Å². The van der Waals surface area contributed by atoms with E-state index in [2.05, 4.69) is 10.3 Å². The van der Waals surface area contributed by atoms with E-state index in [-0.39, 0.29) is 5.56 Å². The normalized spacial score (nSPS) is 11.5. The van der Waals surface area contributed by atoms with Crippen molar-refractivity contribution in [2.24, 2.45) is 5.73 Å². The smallest absolute Gasteiger partial charge is 0.273 e.